The van der Waals surface area contributed by atoms with Gasteiger partial charge in [-0.2, -0.15) is 0 Å². The lowest BCUT2D eigenvalue weighted by Gasteiger charge is -2.11. The Morgan fingerprint density at radius 1 is 0.923 bits per heavy atom. The number of carbonyl (C=O) groups is 1. The van der Waals surface area contributed by atoms with Crippen molar-refractivity contribution in [3.8, 4) is 11.3 Å². The number of thiocarbonyl (C=S) groups is 1. The molecule has 0 saturated carbocycles. The first kappa shape index (κ1) is 18.3. The van der Waals surface area contributed by atoms with E-state index in [1.165, 1.54) is 0 Å². The first-order valence-electron chi connectivity index (χ1n) is 7.50. The predicted octanol–water partition coefficient (Wildman–Crippen LogP) is 4.88. The molecule has 26 heavy (non-hydrogen) atoms. The molecular formula is C18H13Cl2N3O2S. The molecule has 132 valence electrons. The Labute approximate surface area is 165 Å². The van der Waals surface area contributed by atoms with Crippen molar-refractivity contribution in [3.63, 3.8) is 0 Å². The molecule has 0 fully saturated rings. The maximum Gasteiger partial charge on any atom is 0.305 e. The molecule has 0 unspecified atom stereocenters. The first-order valence-corrected chi connectivity index (χ1v) is 8.66. The fourth-order valence-electron chi connectivity index (χ4n) is 2.16. The van der Waals surface area contributed by atoms with Crippen LogP contribution >= 0.6 is 35.4 Å². The number of hydrazine groups is 1. The number of rotatable bonds is 3. The lowest BCUT2D eigenvalue weighted by Crippen LogP contribution is -2.43. The molecule has 0 spiro atoms. The van der Waals surface area contributed by atoms with Gasteiger partial charge in [-0.25, -0.2) is 0 Å². The van der Waals surface area contributed by atoms with Crippen LogP contribution in [0.25, 0.3) is 11.3 Å². The average molecular weight is 406 g/mol. The van der Waals surface area contributed by atoms with Gasteiger partial charge in [0.25, 0.3) is 0 Å². The number of benzene rings is 2. The van der Waals surface area contributed by atoms with Crippen LogP contribution in [0.15, 0.2) is 65.1 Å². The zero-order valence-corrected chi connectivity index (χ0v) is 15.6. The molecule has 3 N–H and O–H groups in total. The number of nitrogens with one attached hydrogen (secondary N) is 3. The van der Waals surface area contributed by atoms with E-state index in [-0.39, 0.29) is 10.9 Å². The number of hydrogen-bond donors (Lipinski definition) is 3. The molecule has 1 aromatic heterocycles. The molecule has 1 heterocycles. The van der Waals surface area contributed by atoms with Gasteiger partial charge in [-0.15, -0.1) is 0 Å². The van der Waals surface area contributed by atoms with E-state index in [0.717, 1.165) is 5.56 Å². The van der Waals surface area contributed by atoms with Crippen molar-refractivity contribution < 1.29 is 9.21 Å². The monoisotopic (exact) mass is 405 g/mol. The van der Waals surface area contributed by atoms with Crippen LogP contribution in [-0.4, -0.2) is 11.0 Å². The Morgan fingerprint density at radius 2 is 1.65 bits per heavy atom. The highest BCUT2D eigenvalue weighted by Gasteiger charge is 2.12. The van der Waals surface area contributed by atoms with E-state index in [1.807, 2.05) is 6.07 Å². The van der Waals surface area contributed by atoms with Crippen LogP contribution in [0.3, 0.4) is 0 Å². The minimum atomic E-state index is -0.464. The lowest BCUT2D eigenvalue weighted by molar-refractivity contribution is 0.0917. The van der Waals surface area contributed by atoms with Crippen molar-refractivity contribution in [2.24, 2.45) is 0 Å². The average Bonchev–Trinajstić information content (AvgIpc) is 3.10. The Kier molecular flexibility index (Phi) is 5.78. The van der Waals surface area contributed by atoms with Crippen LogP contribution in [0, 0.1) is 0 Å². The summed E-state index contributed by atoms with van der Waals surface area (Å²) in [5, 5.41) is 4.28. The molecule has 2 aromatic carbocycles. The zero-order chi connectivity index (χ0) is 18.5. The summed E-state index contributed by atoms with van der Waals surface area (Å²) in [5.41, 5.74) is 6.55. The highest BCUT2D eigenvalue weighted by atomic mass is 35.5. The standard InChI is InChI=1S/C18H13Cl2N3O2S/c19-12-4-1-3-11(9-12)15-7-8-16(25-15)17(24)22-23-18(26)21-14-6-2-5-13(20)10-14/h1-10H,(H,22,24)(H2,21,23,26). The summed E-state index contributed by atoms with van der Waals surface area (Å²) in [4.78, 5) is 12.2. The van der Waals surface area contributed by atoms with Crippen LogP contribution in [-0.2, 0) is 0 Å². The van der Waals surface area contributed by atoms with E-state index < -0.39 is 5.91 Å². The summed E-state index contributed by atoms with van der Waals surface area (Å²) in [6, 6.07) is 17.5. The van der Waals surface area contributed by atoms with Crippen molar-refractivity contribution >= 4 is 52.1 Å². The quantitative estimate of drug-likeness (QED) is 0.427. The first-order chi connectivity index (χ1) is 12.5. The summed E-state index contributed by atoms with van der Waals surface area (Å²) in [6.45, 7) is 0. The second-order valence-electron chi connectivity index (χ2n) is 5.22. The number of amides is 1. The summed E-state index contributed by atoms with van der Waals surface area (Å²) >= 11 is 17.0. The number of hydrogen-bond acceptors (Lipinski definition) is 3. The maximum absolute atomic E-state index is 12.2. The summed E-state index contributed by atoms with van der Waals surface area (Å²) < 4.78 is 5.56. The fraction of sp³-hybridized carbons (Fsp3) is 0. The van der Waals surface area contributed by atoms with Crippen LogP contribution in [0.5, 0.6) is 0 Å². The van der Waals surface area contributed by atoms with Crippen molar-refractivity contribution in [2.45, 2.75) is 0 Å². The topological polar surface area (TPSA) is 66.3 Å². The minimum absolute atomic E-state index is 0.137. The van der Waals surface area contributed by atoms with Gasteiger partial charge in [-0.1, -0.05) is 41.4 Å². The third-order valence-electron chi connectivity index (χ3n) is 3.31. The Bertz CT molecular complexity index is 959. The second-order valence-corrected chi connectivity index (χ2v) is 6.50. The number of anilines is 1. The molecule has 0 aliphatic heterocycles. The number of furan rings is 1. The molecule has 8 heteroatoms. The highest BCUT2D eigenvalue weighted by Crippen LogP contribution is 2.24. The normalized spacial score (nSPS) is 10.2. The van der Waals surface area contributed by atoms with E-state index in [4.69, 9.17) is 39.8 Å². The van der Waals surface area contributed by atoms with Crippen molar-refractivity contribution in [1.82, 2.24) is 10.9 Å². The summed E-state index contributed by atoms with van der Waals surface area (Å²) in [5.74, 6) is 0.212. The number of carbonyl (C=O) groups excluding carboxylic acids is 1. The second kappa shape index (κ2) is 8.23. The number of halogens is 2. The Balaban J connectivity index is 1.58. The maximum atomic E-state index is 12.2. The van der Waals surface area contributed by atoms with Crippen molar-refractivity contribution in [3.05, 3.63) is 76.5 Å². The fourth-order valence-corrected chi connectivity index (χ4v) is 2.71. The molecule has 3 aromatic rings. The zero-order valence-electron chi connectivity index (χ0n) is 13.3. The molecule has 0 radical (unpaired) electrons. The molecule has 0 aliphatic carbocycles. The van der Waals surface area contributed by atoms with Gasteiger partial charge in [0.15, 0.2) is 10.9 Å². The van der Waals surface area contributed by atoms with Crippen molar-refractivity contribution in [1.29, 1.82) is 0 Å². The van der Waals surface area contributed by atoms with Crippen molar-refractivity contribution in [2.75, 3.05) is 5.32 Å². The molecular weight excluding hydrogens is 393 g/mol. The van der Waals surface area contributed by atoms with Gasteiger partial charge in [0, 0.05) is 21.3 Å². The molecule has 0 atom stereocenters. The Hall–Kier alpha value is -2.54. The molecule has 5 nitrogen and oxygen atoms in total. The smallest absolute Gasteiger partial charge is 0.305 e. The molecule has 1 amide bonds. The van der Waals surface area contributed by atoms with Gasteiger partial charge >= 0.3 is 5.91 Å². The minimum Gasteiger partial charge on any atom is -0.451 e. The molecule has 3 rings (SSSR count). The van der Waals surface area contributed by atoms with E-state index in [2.05, 4.69) is 16.2 Å². The SMILES string of the molecule is O=C(NNC(=S)Nc1cccc(Cl)c1)c1ccc(-c2cccc(Cl)c2)o1. The van der Waals surface area contributed by atoms with Gasteiger partial charge in [0.1, 0.15) is 5.76 Å². The molecule has 0 bridgehead atoms. The van der Waals surface area contributed by atoms with Crippen LogP contribution in [0.1, 0.15) is 10.6 Å². The van der Waals surface area contributed by atoms with E-state index >= 15 is 0 Å². The predicted molar refractivity (Wildman–Crippen MR) is 107 cm³/mol. The largest absolute Gasteiger partial charge is 0.451 e. The van der Waals surface area contributed by atoms with Gasteiger partial charge in [0.05, 0.1) is 0 Å². The van der Waals surface area contributed by atoms with E-state index in [1.54, 1.807) is 54.6 Å². The van der Waals surface area contributed by atoms with Gasteiger partial charge < -0.3 is 9.73 Å². The van der Waals surface area contributed by atoms with Crippen LogP contribution in [0.2, 0.25) is 10.0 Å². The summed E-state index contributed by atoms with van der Waals surface area (Å²) in [7, 11) is 0. The van der Waals surface area contributed by atoms with Crippen LogP contribution in [0.4, 0.5) is 5.69 Å². The third kappa shape index (κ3) is 4.76. The highest BCUT2D eigenvalue weighted by molar-refractivity contribution is 7.80. The van der Waals surface area contributed by atoms with Gasteiger partial charge in [0.2, 0.25) is 0 Å². The van der Waals surface area contributed by atoms with E-state index in [9.17, 15) is 4.79 Å². The molecule has 0 saturated heterocycles. The third-order valence-corrected chi connectivity index (χ3v) is 3.99. The Morgan fingerprint density at radius 3 is 2.38 bits per heavy atom. The van der Waals surface area contributed by atoms with E-state index in [0.29, 0.717) is 21.5 Å². The van der Waals surface area contributed by atoms with Gasteiger partial charge in [-0.05, 0) is 54.7 Å². The van der Waals surface area contributed by atoms with Crippen LogP contribution < -0.4 is 16.2 Å². The van der Waals surface area contributed by atoms with Gasteiger partial charge in [-0.3, -0.25) is 15.6 Å². The lowest BCUT2D eigenvalue weighted by atomic mass is 10.2. The molecule has 0 aliphatic rings. The summed E-state index contributed by atoms with van der Waals surface area (Å²) in [6.07, 6.45) is 0.